The Labute approximate surface area is 106 Å². The van der Waals surface area contributed by atoms with E-state index in [1.165, 1.54) is 0 Å². The summed E-state index contributed by atoms with van der Waals surface area (Å²) in [7, 11) is 3.14. The molecule has 18 heavy (non-hydrogen) atoms. The standard InChI is InChI=1S/C13H17NO4/c1-17-7-3-4-8(11(5-7)18-2)12(14)9-6-10(9)13(15)16/h3-5,9-10,12H,6,14H2,1-2H3,(H,15,16). The highest BCUT2D eigenvalue weighted by Crippen LogP contribution is 2.48. The zero-order valence-electron chi connectivity index (χ0n) is 10.4. The van der Waals surface area contributed by atoms with Gasteiger partial charge in [0.25, 0.3) is 0 Å². The van der Waals surface area contributed by atoms with E-state index in [1.807, 2.05) is 6.07 Å². The van der Waals surface area contributed by atoms with Crippen LogP contribution >= 0.6 is 0 Å². The van der Waals surface area contributed by atoms with E-state index in [2.05, 4.69) is 0 Å². The molecule has 0 aliphatic heterocycles. The normalized spacial score (nSPS) is 23.3. The number of carboxylic acids is 1. The molecule has 0 aromatic heterocycles. The van der Waals surface area contributed by atoms with Gasteiger partial charge < -0.3 is 20.3 Å². The molecule has 3 atom stereocenters. The maximum absolute atomic E-state index is 10.9. The van der Waals surface area contributed by atoms with Crippen LogP contribution in [-0.4, -0.2) is 25.3 Å². The SMILES string of the molecule is COc1ccc(C(N)C2CC2C(=O)O)c(OC)c1. The van der Waals surface area contributed by atoms with Gasteiger partial charge in [0.1, 0.15) is 11.5 Å². The van der Waals surface area contributed by atoms with Gasteiger partial charge >= 0.3 is 5.97 Å². The summed E-state index contributed by atoms with van der Waals surface area (Å²) in [6.07, 6.45) is 0.631. The molecule has 0 amide bonds. The zero-order valence-corrected chi connectivity index (χ0v) is 10.4. The Morgan fingerprint density at radius 2 is 2.17 bits per heavy atom. The van der Waals surface area contributed by atoms with Crippen LogP contribution in [0.2, 0.25) is 0 Å². The third-order valence-corrected chi connectivity index (χ3v) is 3.42. The number of methoxy groups -OCH3 is 2. The molecule has 0 saturated heterocycles. The molecule has 0 radical (unpaired) electrons. The molecule has 1 aromatic rings. The quantitative estimate of drug-likeness (QED) is 0.827. The molecule has 1 fully saturated rings. The van der Waals surface area contributed by atoms with E-state index in [-0.39, 0.29) is 17.9 Å². The minimum atomic E-state index is -0.775. The van der Waals surface area contributed by atoms with Gasteiger partial charge in [-0.3, -0.25) is 4.79 Å². The second-order valence-electron chi connectivity index (χ2n) is 4.48. The summed E-state index contributed by atoms with van der Waals surface area (Å²) in [5, 5.41) is 8.92. The lowest BCUT2D eigenvalue weighted by Crippen LogP contribution is -2.16. The number of hydrogen-bond acceptors (Lipinski definition) is 4. The van der Waals surface area contributed by atoms with Crippen LogP contribution in [-0.2, 0) is 4.79 Å². The number of benzene rings is 1. The molecule has 1 aliphatic rings. The highest BCUT2D eigenvalue weighted by atomic mass is 16.5. The van der Waals surface area contributed by atoms with Gasteiger partial charge in [-0.2, -0.15) is 0 Å². The van der Waals surface area contributed by atoms with Crippen LogP contribution in [0, 0.1) is 11.8 Å². The van der Waals surface area contributed by atoms with Gasteiger partial charge in [0, 0.05) is 17.7 Å². The van der Waals surface area contributed by atoms with Crippen molar-refractivity contribution in [3.05, 3.63) is 23.8 Å². The van der Waals surface area contributed by atoms with E-state index in [1.54, 1.807) is 26.4 Å². The second kappa shape index (κ2) is 4.86. The van der Waals surface area contributed by atoms with Crippen molar-refractivity contribution in [3.63, 3.8) is 0 Å². The van der Waals surface area contributed by atoms with E-state index in [9.17, 15) is 4.79 Å². The summed E-state index contributed by atoms with van der Waals surface area (Å²) in [6, 6.07) is 5.08. The summed E-state index contributed by atoms with van der Waals surface area (Å²) in [5.74, 6) is 0.214. The predicted molar refractivity (Wildman–Crippen MR) is 65.7 cm³/mol. The van der Waals surface area contributed by atoms with Crippen molar-refractivity contribution in [1.29, 1.82) is 0 Å². The first kappa shape index (κ1) is 12.7. The van der Waals surface area contributed by atoms with Gasteiger partial charge in [-0.15, -0.1) is 0 Å². The van der Waals surface area contributed by atoms with E-state index in [0.717, 1.165) is 5.56 Å². The highest BCUT2D eigenvalue weighted by Gasteiger charge is 2.47. The summed E-state index contributed by atoms with van der Waals surface area (Å²) < 4.78 is 10.4. The molecule has 5 heteroatoms. The van der Waals surface area contributed by atoms with E-state index >= 15 is 0 Å². The van der Waals surface area contributed by atoms with Gasteiger partial charge in [0.15, 0.2) is 0 Å². The number of carboxylic acid groups (broad SMARTS) is 1. The smallest absolute Gasteiger partial charge is 0.306 e. The Kier molecular flexibility index (Phi) is 3.43. The number of rotatable bonds is 5. The van der Waals surface area contributed by atoms with Gasteiger partial charge in [-0.05, 0) is 18.4 Å². The number of ether oxygens (including phenoxy) is 2. The van der Waals surface area contributed by atoms with Crippen LogP contribution < -0.4 is 15.2 Å². The fraction of sp³-hybridized carbons (Fsp3) is 0.462. The molecule has 0 spiro atoms. The molecule has 2 rings (SSSR count). The Bertz CT molecular complexity index is 460. The van der Waals surface area contributed by atoms with E-state index in [0.29, 0.717) is 17.9 Å². The Morgan fingerprint density at radius 3 is 2.67 bits per heavy atom. The van der Waals surface area contributed by atoms with Crippen LogP contribution in [0.15, 0.2) is 18.2 Å². The van der Waals surface area contributed by atoms with E-state index < -0.39 is 5.97 Å². The Hall–Kier alpha value is -1.75. The average molecular weight is 251 g/mol. The monoisotopic (exact) mass is 251 g/mol. The van der Waals surface area contributed by atoms with Crippen LogP contribution in [0.1, 0.15) is 18.0 Å². The summed E-state index contributed by atoms with van der Waals surface area (Å²) in [6.45, 7) is 0. The predicted octanol–water partition coefficient (Wildman–Crippen LogP) is 1.42. The van der Waals surface area contributed by atoms with Crippen molar-refractivity contribution in [1.82, 2.24) is 0 Å². The van der Waals surface area contributed by atoms with Gasteiger partial charge in [-0.1, -0.05) is 6.07 Å². The molecule has 1 aliphatic carbocycles. The van der Waals surface area contributed by atoms with Crippen molar-refractivity contribution < 1.29 is 19.4 Å². The fourth-order valence-electron chi connectivity index (χ4n) is 2.22. The summed E-state index contributed by atoms with van der Waals surface area (Å²) >= 11 is 0. The molecule has 1 saturated carbocycles. The average Bonchev–Trinajstić information content (AvgIpc) is 3.17. The third kappa shape index (κ3) is 2.26. The first-order valence-corrected chi connectivity index (χ1v) is 5.78. The van der Waals surface area contributed by atoms with Gasteiger partial charge in [0.05, 0.1) is 20.1 Å². The molecule has 0 heterocycles. The van der Waals surface area contributed by atoms with Crippen molar-refractivity contribution in [2.45, 2.75) is 12.5 Å². The first-order valence-electron chi connectivity index (χ1n) is 5.78. The maximum Gasteiger partial charge on any atom is 0.306 e. The molecular weight excluding hydrogens is 234 g/mol. The molecule has 3 N–H and O–H groups in total. The van der Waals surface area contributed by atoms with Gasteiger partial charge in [0.2, 0.25) is 0 Å². The maximum atomic E-state index is 10.9. The molecule has 1 aromatic carbocycles. The number of hydrogen-bond donors (Lipinski definition) is 2. The molecule has 98 valence electrons. The van der Waals surface area contributed by atoms with Gasteiger partial charge in [-0.25, -0.2) is 0 Å². The first-order chi connectivity index (χ1) is 8.58. The minimum Gasteiger partial charge on any atom is -0.497 e. The summed E-state index contributed by atoms with van der Waals surface area (Å²) in [5.41, 5.74) is 6.94. The van der Waals surface area contributed by atoms with Crippen molar-refractivity contribution >= 4 is 5.97 Å². The minimum absolute atomic E-state index is 0.00945. The van der Waals surface area contributed by atoms with Crippen molar-refractivity contribution in [3.8, 4) is 11.5 Å². The number of carbonyl (C=O) groups is 1. The van der Waals surface area contributed by atoms with Crippen LogP contribution in [0.3, 0.4) is 0 Å². The Morgan fingerprint density at radius 1 is 1.44 bits per heavy atom. The molecule has 0 bridgehead atoms. The number of nitrogens with two attached hydrogens (primary N) is 1. The number of aliphatic carboxylic acids is 1. The van der Waals surface area contributed by atoms with Crippen molar-refractivity contribution in [2.24, 2.45) is 17.6 Å². The fourth-order valence-corrected chi connectivity index (χ4v) is 2.22. The van der Waals surface area contributed by atoms with E-state index in [4.69, 9.17) is 20.3 Å². The van der Waals surface area contributed by atoms with Crippen molar-refractivity contribution in [2.75, 3.05) is 14.2 Å². The van der Waals surface area contributed by atoms with Crippen LogP contribution in [0.5, 0.6) is 11.5 Å². The molecule has 3 unspecified atom stereocenters. The lowest BCUT2D eigenvalue weighted by atomic mass is 10.0. The lowest BCUT2D eigenvalue weighted by molar-refractivity contribution is -0.138. The summed E-state index contributed by atoms with van der Waals surface area (Å²) in [4.78, 5) is 10.9. The Balaban J connectivity index is 2.20. The molecule has 5 nitrogen and oxygen atoms in total. The second-order valence-corrected chi connectivity index (χ2v) is 4.48. The third-order valence-electron chi connectivity index (χ3n) is 3.42. The van der Waals surface area contributed by atoms with Crippen LogP contribution in [0.4, 0.5) is 0 Å². The zero-order chi connectivity index (χ0) is 13.3. The highest BCUT2D eigenvalue weighted by molar-refractivity contribution is 5.73. The molecular formula is C13H17NO4. The van der Waals surface area contributed by atoms with Crippen LogP contribution in [0.25, 0.3) is 0 Å². The topological polar surface area (TPSA) is 81.8 Å². The largest absolute Gasteiger partial charge is 0.497 e. The lowest BCUT2D eigenvalue weighted by Gasteiger charge is -2.16.